The summed E-state index contributed by atoms with van der Waals surface area (Å²) in [5.41, 5.74) is 3.73. The first kappa shape index (κ1) is 20.1. The Morgan fingerprint density at radius 3 is 1.69 bits per heavy atom. The number of phenols is 2. The molecule has 0 saturated carbocycles. The molecule has 0 radical (unpaired) electrons. The molecule has 0 amide bonds. The molecule has 2 heterocycles. The zero-order valence-corrected chi connectivity index (χ0v) is 16.1. The predicted molar refractivity (Wildman–Crippen MR) is 106 cm³/mol. The lowest BCUT2D eigenvalue weighted by Crippen LogP contribution is -2.40. The van der Waals surface area contributed by atoms with Crippen molar-refractivity contribution in [1.29, 1.82) is 0 Å². The van der Waals surface area contributed by atoms with Gasteiger partial charge in [0.25, 0.3) is 0 Å². The van der Waals surface area contributed by atoms with Gasteiger partial charge in [-0.3, -0.25) is 0 Å². The number of hydrogen-bond acceptors (Lipinski definition) is 7. The van der Waals surface area contributed by atoms with Crippen LogP contribution in [0.2, 0.25) is 0 Å². The Morgan fingerprint density at radius 2 is 1.24 bits per heavy atom. The highest BCUT2D eigenvalue weighted by molar-refractivity contribution is 5.39. The van der Waals surface area contributed by atoms with Crippen molar-refractivity contribution in [3.05, 3.63) is 58.7 Å². The fourth-order valence-corrected chi connectivity index (χ4v) is 4.17. The number of ether oxygens (including phenoxy) is 2. The van der Waals surface area contributed by atoms with Crippen LogP contribution in [0.3, 0.4) is 0 Å². The van der Waals surface area contributed by atoms with E-state index in [1.807, 2.05) is 0 Å². The average molecular weight is 401 g/mol. The number of fused-ring (bicyclic) bond motifs is 2. The second-order valence-corrected chi connectivity index (χ2v) is 7.64. The van der Waals surface area contributed by atoms with Crippen LogP contribution in [0.15, 0.2) is 36.4 Å². The quantitative estimate of drug-likeness (QED) is 0.497. The number of phenolic OH excluding ortho intramolecular Hbond substituents is 2. The van der Waals surface area contributed by atoms with Crippen LogP contribution in [0, 0.1) is 0 Å². The van der Waals surface area contributed by atoms with E-state index in [9.17, 15) is 20.4 Å². The minimum Gasteiger partial charge on any atom is -0.508 e. The zero-order chi connectivity index (χ0) is 20.4. The van der Waals surface area contributed by atoms with Gasteiger partial charge in [-0.15, -0.1) is 0 Å². The maximum Gasteiger partial charge on any atom is 0.115 e. The molecule has 0 bridgehead atoms. The molecule has 156 valence electrons. The van der Waals surface area contributed by atoms with E-state index in [4.69, 9.17) is 9.47 Å². The summed E-state index contributed by atoms with van der Waals surface area (Å²) in [6, 6.07) is 10.2. The van der Waals surface area contributed by atoms with Crippen molar-refractivity contribution in [2.45, 2.75) is 37.3 Å². The molecule has 2 aromatic carbocycles. The van der Waals surface area contributed by atoms with E-state index in [-0.39, 0.29) is 24.6 Å². The molecule has 2 aromatic rings. The topological polar surface area (TPSA) is 111 Å². The minimum absolute atomic E-state index is 0.209. The molecule has 0 fully saturated rings. The lowest BCUT2D eigenvalue weighted by atomic mass is 9.93. The third-order valence-electron chi connectivity index (χ3n) is 5.61. The van der Waals surface area contributed by atoms with E-state index >= 15 is 0 Å². The molecule has 7 heteroatoms. The van der Waals surface area contributed by atoms with Gasteiger partial charge in [0.15, 0.2) is 0 Å². The van der Waals surface area contributed by atoms with Crippen molar-refractivity contribution in [2.75, 3.05) is 26.3 Å². The van der Waals surface area contributed by atoms with Gasteiger partial charge in [0.1, 0.15) is 23.7 Å². The first-order valence-electron chi connectivity index (χ1n) is 9.96. The maximum atomic E-state index is 10.6. The van der Waals surface area contributed by atoms with Crippen LogP contribution in [0.4, 0.5) is 0 Å². The number of aliphatic hydroxyl groups is 2. The molecule has 4 unspecified atom stereocenters. The first-order chi connectivity index (χ1) is 14.0. The van der Waals surface area contributed by atoms with Crippen LogP contribution in [-0.2, 0) is 22.3 Å². The van der Waals surface area contributed by atoms with E-state index in [1.54, 1.807) is 36.4 Å². The number of aliphatic hydroxyl groups excluding tert-OH is 2. The van der Waals surface area contributed by atoms with Crippen LogP contribution >= 0.6 is 0 Å². The van der Waals surface area contributed by atoms with Gasteiger partial charge in [-0.1, -0.05) is 12.1 Å². The van der Waals surface area contributed by atoms with Crippen LogP contribution < -0.4 is 5.32 Å². The zero-order valence-electron chi connectivity index (χ0n) is 16.1. The first-order valence-corrected chi connectivity index (χ1v) is 9.96. The Bertz CT molecular complexity index is 788. The Balaban J connectivity index is 1.34. The second kappa shape index (κ2) is 8.69. The third kappa shape index (κ3) is 4.39. The summed E-state index contributed by atoms with van der Waals surface area (Å²) in [5, 5.41) is 43.6. The molecule has 2 aliphatic rings. The summed E-state index contributed by atoms with van der Waals surface area (Å²) in [4.78, 5) is 0. The van der Waals surface area contributed by atoms with Crippen molar-refractivity contribution in [3.8, 4) is 11.5 Å². The van der Waals surface area contributed by atoms with Crippen LogP contribution in [0.25, 0.3) is 0 Å². The number of nitrogens with one attached hydrogen (secondary N) is 1. The molecule has 0 aliphatic carbocycles. The van der Waals surface area contributed by atoms with Crippen LogP contribution in [0.1, 0.15) is 34.5 Å². The van der Waals surface area contributed by atoms with Gasteiger partial charge in [0, 0.05) is 13.1 Å². The number of aromatic hydroxyl groups is 2. The van der Waals surface area contributed by atoms with Crippen molar-refractivity contribution in [3.63, 3.8) is 0 Å². The summed E-state index contributed by atoms with van der Waals surface area (Å²) in [5.74, 6) is 0.419. The summed E-state index contributed by atoms with van der Waals surface area (Å²) in [6.07, 6.45) is -1.12. The van der Waals surface area contributed by atoms with Crippen LogP contribution in [-0.4, -0.2) is 58.9 Å². The van der Waals surface area contributed by atoms with Gasteiger partial charge in [0.05, 0.1) is 25.4 Å². The summed E-state index contributed by atoms with van der Waals surface area (Å²) >= 11 is 0. The lowest BCUT2D eigenvalue weighted by molar-refractivity contribution is -0.0560. The largest absolute Gasteiger partial charge is 0.508 e. The molecule has 0 spiro atoms. The van der Waals surface area contributed by atoms with Gasteiger partial charge in [-0.05, 0) is 59.4 Å². The molecular weight excluding hydrogens is 374 g/mol. The predicted octanol–water partition coefficient (Wildman–Crippen LogP) is 1.34. The van der Waals surface area contributed by atoms with Gasteiger partial charge in [-0.2, -0.15) is 0 Å². The van der Waals surface area contributed by atoms with Crippen LogP contribution in [0.5, 0.6) is 11.5 Å². The monoisotopic (exact) mass is 401 g/mol. The Kier molecular flexibility index (Phi) is 6.03. The van der Waals surface area contributed by atoms with E-state index in [2.05, 4.69) is 5.32 Å². The third-order valence-corrected chi connectivity index (χ3v) is 5.61. The van der Waals surface area contributed by atoms with Gasteiger partial charge < -0.3 is 35.2 Å². The van der Waals surface area contributed by atoms with E-state index < -0.39 is 24.4 Å². The SMILES string of the molecule is Oc1ccc2c(c1)CCOC2C(O)CNCC(O)C1OCCc2cc(O)ccc21. The molecule has 4 rings (SSSR count). The summed E-state index contributed by atoms with van der Waals surface area (Å²) in [6.45, 7) is 1.47. The fourth-order valence-electron chi connectivity index (χ4n) is 4.17. The smallest absolute Gasteiger partial charge is 0.115 e. The molecular formula is C22H27NO6. The maximum absolute atomic E-state index is 10.6. The summed E-state index contributed by atoms with van der Waals surface area (Å²) < 4.78 is 11.5. The number of benzene rings is 2. The highest BCUT2D eigenvalue weighted by Gasteiger charge is 2.30. The Morgan fingerprint density at radius 1 is 0.793 bits per heavy atom. The van der Waals surface area contributed by atoms with Gasteiger partial charge >= 0.3 is 0 Å². The van der Waals surface area contributed by atoms with Gasteiger partial charge in [-0.25, -0.2) is 0 Å². The molecule has 0 saturated heterocycles. The van der Waals surface area contributed by atoms with Crippen molar-refractivity contribution >= 4 is 0 Å². The molecule has 7 nitrogen and oxygen atoms in total. The van der Waals surface area contributed by atoms with E-state index in [1.165, 1.54) is 0 Å². The molecule has 2 aliphatic heterocycles. The van der Waals surface area contributed by atoms with Crippen molar-refractivity contribution in [1.82, 2.24) is 5.32 Å². The standard InChI is InChI=1S/C22H27NO6/c24-15-1-3-17-13(9-15)5-7-28-21(17)19(26)11-23-12-20(27)22-18-4-2-16(25)10-14(18)6-8-29-22/h1-4,9-10,19-27H,5-8,11-12H2. The minimum atomic E-state index is -0.790. The fraction of sp³-hybridized carbons (Fsp3) is 0.455. The molecule has 5 N–H and O–H groups in total. The average Bonchev–Trinajstić information content (AvgIpc) is 2.72. The van der Waals surface area contributed by atoms with E-state index in [0.717, 1.165) is 22.3 Å². The highest BCUT2D eigenvalue weighted by atomic mass is 16.5. The normalized spacial score (nSPS) is 23.1. The highest BCUT2D eigenvalue weighted by Crippen LogP contribution is 2.33. The Hall–Kier alpha value is -2.16. The number of rotatable bonds is 6. The Labute approximate surface area is 169 Å². The molecule has 29 heavy (non-hydrogen) atoms. The summed E-state index contributed by atoms with van der Waals surface area (Å²) in [7, 11) is 0. The number of hydrogen-bond donors (Lipinski definition) is 5. The van der Waals surface area contributed by atoms with Gasteiger partial charge in [0.2, 0.25) is 0 Å². The second-order valence-electron chi connectivity index (χ2n) is 7.64. The molecule has 0 aromatic heterocycles. The van der Waals surface area contributed by atoms with Crippen molar-refractivity contribution in [2.24, 2.45) is 0 Å². The van der Waals surface area contributed by atoms with Crippen molar-refractivity contribution < 1.29 is 29.9 Å². The molecule has 4 atom stereocenters. The lowest BCUT2D eigenvalue weighted by Gasteiger charge is -2.32. The van der Waals surface area contributed by atoms with E-state index in [0.29, 0.717) is 26.1 Å².